The molecule has 4 rings (SSSR count). The maximum Gasteiger partial charge on any atom is 0.255 e. The van der Waals surface area contributed by atoms with Crippen molar-refractivity contribution < 1.29 is 14.0 Å². The van der Waals surface area contributed by atoms with Crippen molar-refractivity contribution >= 4 is 29.1 Å². The van der Waals surface area contributed by atoms with Crippen LogP contribution in [-0.4, -0.2) is 23.3 Å². The maximum atomic E-state index is 14.1. The van der Waals surface area contributed by atoms with Crippen molar-refractivity contribution in [3.8, 4) is 0 Å². The molecule has 0 spiro atoms. The van der Waals surface area contributed by atoms with Gasteiger partial charge in [0.05, 0.1) is 6.04 Å². The standard InChI is InChI=1S/C22H16ClFN2O2/c23-16-8-4-7-15(11-16)22(28)26-13-20(27)25-19-10-9-17(24)12-18(19)21(26)14-5-2-1-3-6-14/h1-12,21H,13H2,(H,25,27)/t21-/m1/s1. The summed E-state index contributed by atoms with van der Waals surface area (Å²) in [6.45, 7) is -0.165. The van der Waals surface area contributed by atoms with Gasteiger partial charge in [-0.1, -0.05) is 48.0 Å². The topological polar surface area (TPSA) is 49.4 Å². The number of hydrogen-bond donors (Lipinski definition) is 1. The summed E-state index contributed by atoms with van der Waals surface area (Å²) in [7, 11) is 0. The summed E-state index contributed by atoms with van der Waals surface area (Å²) in [5, 5.41) is 3.20. The van der Waals surface area contributed by atoms with Gasteiger partial charge >= 0.3 is 0 Å². The lowest BCUT2D eigenvalue weighted by molar-refractivity contribution is -0.117. The Morgan fingerprint density at radius 1 is 1.04 bits per heavy atom. The molecule has 0 radical (unpaired) electrons. The number of halogens is 2. The Balaban J connectivity index is 1.89. The molecule has 28 heavy (non-hydrogen) atoms. The molecule has 3 aromatic carbocycles. The SMILES string of the molecule is O=C1CN(C(=O)c2cccc(Cl)c2)[C@H](c2ccccc2)c2cc(F)ccc2N1. The van der Waals surface area contributed by atoms with Crippen LogP contribution in [0, 0.1) is 5.82 Å². The molecule has 0 fully saturated rings. The molecule has 0 bridgehead atoms. The van der Waals surface area contributed by atoms with Crippen molar-refractivity contribution in [3.63, 3.8) is 0 Å². The third kappa shape index (κ3) is 3.49. The summed E-state index contributed by atoms with van der Waals surface area (Å²) in [4.78, 5) is 27.3. The van der Waals surface area contributed by atoms with Crippen LogP contribution in [-0.2, 0) is 4.79 Å². The van der Waals surface area contributed by atoms with Crippen LogP contribution < -0.4 is 5.32 Å². The van der Waals surface area contributed by atoms with E-state index in [4.69, 9.17) is 11.6 Å². The number of carbonyl (C=O) groups is 2. The lowest BCUT2D eigenvalue weighted by Gasteiger charge is -2.30. The number of nitrogens with zero attached hydrogens (tertiary/aromatic N) is 1. The molecule has 1 atom stereocenters. The third-order valence-electron chi connectivity index (χ3n) is 4.66. The third-order valence-corrected chi connectivity index (χ3v) is 4.89. The van der Waals surface area contributed by atoms with Gasteiger partial charge in [-0.25, -0.2) is 4.39 Å². The average molecular weight is 395 g/mol. The van der Waals surface area contributed by atoms with Crippen LogP contribution in [0.1, 0.15) is 27.5 Å². The Morgan fingerprint density at radius 2 is 1.82 bits per heavy atom. The molecule has 6 heteroatoms. The summed E-state index contributed by atoms with van der Waals surface area (Å²) in [5.41, 5.74) is 2.15. The maximum absolute atomic E-state index is 14.1. The van der Waals surface area contributed by atoms with Crippen molar-refractivity contribution in [2.45, 2.75) is 6.04 Å². The van der Waals surface area contributed by atoms with Gasteiger partial charge in [-0.3, -0.25) is 9.59 Å². The van der Waals surface area contributed by atoms with Crippen LogP contribution in [0.4, 0.5) is 10.1 Å². The molecule has 1 aliphatic rings. The average Bonchev–Trinajstić information content (AvgIpc) is 2.83. The van der Waals surface area contributed by atoms with Crippen molar-refractivity contribution in [2.24, 2.45) is 0 Å². The fourth-order valence-corrected chi connectivity index (χ4v) is 3.64. The predicted molar refractivity (Wildman–Crippen MR) is 106 cm³/mol. The Hall–Kier alpha value is -3.18. The number of anilines is 1. The minimum atomic E-state index is -0.627. The smallest absolute Gasteiger partial charge is 0.255 e. The molecule has 0 saturated carbocycles. The highest BCUT2D eigenvalue weighted by molar-refractivity contribution is 6.31. The summed E-state index contributed by atoms with van der Waals surface area (Å²) < 4.78 is 14.1. The predicted octanol–water partition coefficient (Wildman–Crippen LogP) is 4.66. The van der Waals surface area contributed by atoms with E-state index in [1.807, 2.05) is 30.3 Å². The second-order valence-corrected chi connectivity index (χ2v) is 6.97. The van der Waals surface area contributed by atoms with E-state index in [0.29, 0.717) is 21.8 Å². The van der Waals surface area contributed by atoms with E-state index in [0.717, 1.165) is 5.56 Å². The quantitative estimate of drug-likeness (QED) is 0.687. The van der Waals surface area contributed by atoms with Gasteiger partial charge in [-0.05, 0) is 42.0 Å². The zero-order valence-electron chi connectivity index (χ0n) is 14.7. The first kappa shape index (κ1) is 18.2. The van der Waals surface area contributed by atoms with Crippen LogP contribution in [0.15, 0.2) is 72.8 Å². The van der Waals surface area contributed by atoms with E-state index in [9.17, 15) is 14.0 Å². The zero-order valence-corrected chi connectivity index (χ0v) is 15.5. The summed E-state index contributed by atoms with van der Waals surface area (Å²) >= 11 is 6.04. The highest BCUT2D eigenvalue weighted by atomic mass is 35.5. The van der Waals surface area contributed by atoms with Crippen LogP contribution >= 0.6 is 11.6 Å². The molecule has 1 heterocycles. The van der Waals surface area contributed by atoms with Gasteiger partial charge in [-0.15, -0.1) is 0 Å². The molecule has 0 aliphatic carbocycles. The fourth-order valence-electron chi connectivity index (χ4n) is 3.45. The minimum Gasteiger partial charge on any atom is -0.324 e. The van der Waals surface area contributed by atoms with Gasteiger partial charge in [0.25, 0.3) is 5.91 Å². The monoisotopic (exact) mass is 394 g/mol. The highest BCUT2D eigenvalue weighted by Gasteiger charge is 2.34. The summed E-state index contributed by atoms with van der Waals surface area (Å²) in [6.07, 6.45) is 0. The summed E-state index contributed by atoms with van der Waals surface area (Å²) in [5.74, 6) is -1.14. The molecule has 2 amide bonds. The Bertz CT molecular complexity index is 1060. The molecular formula is C22H16ClFN2O2. The van der Waals surface area contributed by atoms with Crippen molar-refractivity contribution in [2.75, 3.05) is 11.9 Å². The molecular weight excluding hydrogens is 379 g/mol. The number of hydrogen-bond acceptors (Lipinski definition) is 2. The van der Waals surface area contributed by atoms with Crippen LogP contribution in [0.25, 0.3) is 0 Å². The number of carbonyl (C=O) groups excluding carboxylic acids is 2. The first-order valence-corrected chi connectivity index (χ1v) is 9.11. The minimum absolute atomic E-state index is 0.165. The largest absolute Gasteiger partial charge is 0.324 e. The highest BCUT2D eigenvalue weighted by Crippen LogP contribution is 2.37. The van der Waals surface area contributed by atoms with Crippen LogP contribution in [0.5, 0.6) is 0 Å². The van der Waals surface area contributed by atoms with Gasteiger partial charge in [0, 0.05) is 21.8 Å². The second kappa shape index (κ2) is 7.44. The number of rotatable bonds is 2. The molecule has 3 aromatic rings. The van der Waals surface area contributed by atoms with Gasteiger partial charge in [0.15, 0.2) is 0 Å². The fraction of sp³-hybridized carbons (Fsp3) is 0.0909. The molecule has 1 aliphatic heterocycles. The molecule has 1 N–H and O–H groups in total. The Kier molecular flexibility index (Phi) is 4.84. The lowest BCUT2D eigenvalue weighted by Crippen LogP contribution is -2.39. The number of nitrogens with one attached hydrogen (secondary N) is 1. The van der Waals surface area contributed by atoms with Crippen molar-refractivity contribution in [1.82, 2.24) is 4.90 Å². The lowest BCUT2D eigenvalue weighted by atomic mass is 9.95. The summed E-state index contributed by atoms with van der Waals surface area (Å²) in [6, 6.07) is 19.3. The molecule has 0 saturated heterocycles. The van der Waals surface area contributed by atoms with Crippen LogP contribution in [0.2, 0.25) is 5.02 Å². The number of amides is 2. The zero-order chi connectivity index (χ0) is 19.7. The van der Waals surface area contributed by atoms with Crippen LogP contribution in [0.3, 0.4) is 0 Å². The van der Waals surface area contributed by atoms with E-state index in [-0.39, 0.29) is 18.4 Å². The molecule has 4 nitrogen and oxygen atoms in total. The van der Waals surface area contributed by atoms with Gasteiger partial charge in [-0.2, -0.15) is 0 Å². The molecule has 140 valence electrons. The van der Waals surface area contributed by atoms with E-state index in [2.05, 4.69) is 5.32 Å². The van der Waals surface area contributed by atoms with E-state index in [1.54, 1.807) is 24.3 Å². The van der Waals surface area contributed by atoms with E-state index in [1.165, 1.54) is 23.1 Å². The van der Waals surface area contributed by atoms with Gasteiger partial charge in [0.2, 0.25) is 5.91 Å². The first-order valence-electron chi connectivity index (χ1n) is 8.74. The number of benzene rings is 3. The normalized spacial score (nSPS) is 16.1. The van der Waals surface area contributed by atoms with Crippen molar-refractivity contribution in [1.29, 1.82) is 0 Å². The second-order valence-electron chi connectivity index (χ2n) is 6.54. The first-order chi connectivity index (χ1) is 13.5. The Labute approximate surface area is 166 Å². The van der Waals surface area contributed by atoms with Gasteiger partial charge < -0.3 is 10.2 Å². The van der Waals surface area contributed by atoms with E-state index >= 15 is 0 Å². The number of fused-ring (bicyclic) bond motifs is 1. The molecule has 0 unspecified atom stereocenters. The van der Waals surface area contributed by atoms with Crippen molar-refractivity contribution in [3.05, 3.63) is 100 Å². The molecule has 0 aromatic heterocycles. The van der Waals surface area contributed by atoms with Gasteiger partial charge in [0.1, 0.15) is 12.4 Å². The van der Waals surface area contributed by atoms with E-state index < -0.39 is 11.9 Å². The Morgan fingerprint density at radius 3 is 2.57 bits per heavy atom.